The van der Waals surface area contributed by atoms with Gasteiger partial charge in [0.05, 0.1) is 0 Å². The van der Waals surface area contributed by atoms with Crippen molar-refractivity contribution in [3.05, 3.63) is 98.4 Å². The average Bonchev–Trinajstić information content (AvgIpc) is 2.83. The summed E-state index contributed by atoms with van der Waals surface area (Å²) in [5.74, 6) is 0.564. The van der Waals surface area contributed by atoms with E-state index in [9.17, 15) is 4.79 Å². The predicted molar refractivity (Wildman–Crippen MR) is 140 cm³/mol. The highest BCUT2D eigenvalue weighted by Gasteiger charge is 2.14. The van der Waals surface area contributed by atoms with E-state index in [0.29, 0.717) is 23.4 Å². The van der Waals surface area contributed by atoms with Gasteiger partial charge in [-0.05, 0) is 59.4 Å². The van der Waals surface area contributed by atoms with E-state index in [1.807, 2.05) is 30.3 Å². The molecular weight excluding hydrogens is 446 g/mol. The Morgan fingerprint density at radius 2 is 1.79 bits per heavy atom. The molecular formula is C28H32ClN3O2. The molecule has 1 heterocycles. The minimum atomic E-state index is -0.0841. The first kappa shape index (κ1) is 24.3. The molecule has 2 aromatic carbocycles. The lowest BCUT2D eigenvalue weighted by atomic mass is 9.93. The molecule has 3 aromatic rings. The molecule has 178 valence electrons. The summed E-state index contributed by atoms with van der Waals surface area (Å²) in [5, 5.41) is 7.60. The quantitative estimate of drug-likeness (QED) is 0.398. The molecule has 34 heavy (non-hydrogen) atoms. The highest BCUT2D eigenvalue weighted by molar-refractivity contribution is 6.30. The minimum Gasteiger partial charge on any atom is -0.489 e. The van der Waals surface area contributed by atoms with Crippen LogP contribution in [0.4, 0.5) is 0 Å². The van der Waals surface area contributed by atoms with Gasteiger partial charge >= 0.3 is 0 Å². The van der Waals surface area contributed by atoms with Gasteiger partial charge in [0.25, 0.3) is 5.56 Å². The zero-order chi connectivity index (χ0) is 23.9. The monoisotopic (exact) mass is 477 g/mol. The van der Waals surface area contributed by atoms with Crippen LogP contribution in [0.5, 0.6) is 5.75 Å². The second kappa shape index (κ2) is 11.5. The summed E-state index contributed by atoms with van der Waals surface area (Å²) in [6.07, 6.45) is 5.68. The third-order valence-corrected chi connectivity index (χ3v) is 6.13. The van der Waals surface area contributed by atoms with Crippen LogP contribution in [0, 0.1) is 0 Å². The van der Waals surface area contributed by atoms with Crippen LogP contribution in [0.25, 0.3) is 11.8 Å². The van der Waals surface area contributed by atoms with E-state index in [1.54, 1.807) is 16.8 Å². The van der Waals surface area contributed by atoms with Crippen molar-refractivity contribution in [3.8, 4) is 5.75 Å². The average molecular weight is 478 g/mol. The molecule has 0 atom stereocenters. The molecule has 0 fully saturated rings. The van der Waals surface area contributed by atoms with Crippen molar-refractivity contribution in [1.82, 2.24) is 15.2 Å². The molecule has 0 spiro atoms. The van der Waals surface area contributed by atoms with Gasteiger partial charge in [-0.25, -0.2) is 0 Å². The number of rotatable bonds is 10. The number of hydrogen-bond donors (Lipinski definition) is 2. The lowest BCUT2D eigenvalue weighted by Gasteiger charge is -2.19. The first-order valence-electron chi connectivity index (χ1n) is 11.8. The first-order chi connectivity index (χ1) is 16.5. The van der Waals surface area contributed by atoms with Gasteiger partial charge < -0.3 is 15.4 Å². The number of aryl methyl sites for hydroxylation is 1. The topological polar surface area (TPSA) is 55.3 Å². The second-order valence-electron chi connectivity index (χ2n) is 8.94. The summed E-state index contributed by atoms with van der Waals surface area (Å²) in [6, 6.07) is 18.0. The molecule has 1 aliphatic carbocycles. The maximum atomic E-state index is 12.8. The number of benzene rings is 2. The van der Waals surface area contributed by atoms with Gasteiger partial charge in [0, 0.05) is 48.7 Å². The molecule has 0 unspecified atom stereocenters. The van der Waals surface area contributed by atoms with Gasteiger partial charge in [0.1, 0.15) is 12.4 Å². The fraction of sp³-hybridized carbons (Fsp3) is 0.321. The molecule has 0 bridgehead atoms. The zero-order valence-corrected chi connectivity index (χ0v) is 20.6. The molecule has 2 N–H and O–H groups in total. The summed E-state index contributed by atoms with van der Waals surface area (Å²) in [7, 11) is 0. The number of aromatic nitrogens is 1. The van der Waals surface area contributed by atoms with Gasteiger partial charge in [-0.15, -0.1) is 0 Å². The molecule has 0 saturated carbocycles. The van der Waals surface area contributed by atoms with Crippen LogP contribution in [0.2, 0.25) is 5.02 Å². The number of fused-ring (bicyclic) bond motifs is 1. The van der Waals surface area contributed by atoms with Crippen molar-refractivity contribution in [2.75, 3.05) is 13.1 Å². The standard InChI is InChI=1S/C28H32ClN3O2/c1-20(2)31-13-12-30-18-22-3-6-24-16-26(10-7-23(24)15-22)32-14-11-27(17-28(32)33)34-19-21-4-8-25(29)9-5-21/h3-6,8-9,11,14-17,20,30-31H,7,10,12-13,18-19H2,1-2H3. The van der Waals surface area contributed by atoms with E-state index in [2.05, 4.69) is 48.8 Å². The van der Waals surface area contributed by atoms with E-state index < -0.39 is 0 Å². The highest BCUT2D eigenvalue weighted by Crippen LogP contribution is 2.27. The third-order valence-electron chi connectivity index (χ3n) is 5.88. The van der Waals surface area contributed by atoms with Crippen LogP contribution in [0.15, 0.2) is 65.6 Å². The van der Waals surface area contributed by atoms with Gasteiger partial charge in [0.15, 0.2) is 0 Å². The van der Waals surface area contributed by atoms with Gasteiger partial charge in [-0.2, -0.15) is 0 Å². The molecule has 0 amide bonds. The molecule has 1 aromatic heterocycles. The van der Waals surface area contributed by atoms with Crippen LogP contribution < -0.4 is 20.9 Å². The van der Waals surface area contributed by atoms with Crippen LogP contribution >= 0.6 is 11.6 Å². The van der Waals surface area contributed by atoms with Crippen LogP contribution in [0.1, 0.15) is 42.5 Å². The van der Waals surface area contributed by atoms with Crippen molar-refractivity contribution >= 4 is 23.4 Å². The molecule has 4 rings (SSSR count). The van der Waals surface area contributed by atoms with Crippen molar-refractivity contribution < 1.29 is 4.74 Å². The molecule has 0 saturated heterocycles. The number of pyridine rings is 1. The SMILES string of the molecule is CC(C)NCCNCc1ccc2c(c1)CCC(n1ccc(OCc3ccc(Cl)cc3)cc1=O)=C2. The van der Waals surface area contributed by atoms with E-state index >= 15 is 0 Å². The van der Waals surface area contributed by atoms with Crippen LogP contribution in [-0.2, 0) is 19.6 Å². The summed E-state index contributed by atoms with van der Waals surface area (Å²) in [6.45, 7) is 7.48. The Morgan fingerprint density at radius 3 is 2.56 bits per heavy atom. The van der Waals surface area contributed by atoms with E-state index in [0.717, 1.165) is 43.7 Å². The second-order valence-corrected chi connectivity index (χ2v) is 9.38. The fourth-order valence-electron chi connectivity index (χ4n) is 4.05. The summed E-state index contributed by atoms with van der Waals surface area (Å²) in [5.41, 5.74) is 5.73. The number of nitrogens with zero attached hydrogens (tertiary/aromatic N) is 1. The van der Waals surface area contributed by atoms with Crippen LogP contribution in [0.3, 0.4) is 0 Å². The number of ether oxygens (including phenoxy) is 1. The number of halogens is 1. The van der Waals surface area contributed by atoms with Crippen molar-refractivity contribution in [2.45, 2.75) is 45.9 Å². The van der Waals surface area contributed by atoms with E-state index in [1.165, 1.54) is 16.7 Å². The molecule has 0 radical (unpaired) electrons. The lowest BCUT2D eigenvalue weighted by Crippen LogP contribution is -2.31. The molecule has 5 nitrogen and oxygen atoms in total. The highest BCUT2D eigenvalue weighted by atomic mass is 35.5. The molecule has 0 aliphatic heterocycles. The fourth-order valence-corrected chi connectivity index (χ4v) is 4.17. The van der Waals surface area contributed by atoms with E-state index in [-0.39, 0.29) is 5.56 Å². The van der Waals surface area contributed by atoms with Crippen molar-refractivity contribution in [2.24, 2.45) is 0 Å². The summed E-state index contributed by atoms with van der Waals surface area (Å²) < 4.78 is 7.52. The van der Waals surface area contributed by atoms with Gasteiger partial charge in [-0.1, -0.05) is 55.8 Å². The van der Waals surface area contributed by atoms with Crippen LogP contribution in [-0.4, -0.2) is 23.7 Å². The van der Waals surface area contributed by atoms with Gasteiger partial charge in [-0.3, -0.25) is 9.36 Å². The Kier molecular flexibility index (Phi) is 8.22. The summed E-state index contributed by atoms with van der Waals surface area (Å²) >= 11 is 5.92. The Balaban J connectivity index is 1.38. The summed E-state index contributed by atoms with van der Waals surface area (Å²) in [4.78, 5) is 12.8. The Bertz CT molecular complexity index is 1200. The van der Waals surface area contributed by atoms with Crippen molar-refractivity contribution in [3.63, 3.8) is 0 Å². The van der Waals surface area contributed by atoms with E-state index in [4.69, 9.17) is 16.3 Å². The third kappa shape index (κ3) is 6.60. The Morgan fingerprint density at radius 1 is 1.00 bits per heavy atom. The zero-order valence-electron chi connectivity index (χ0n) is 19.8. The Hall–Kier alpha value is -2.86. The maximum absolute atomic E-state index is 12.8. The molecule has 1 aliphatic rings. The smallest absolute Gasteiger partial charge is 0.258 e. The normalized spacial score (nSPS) is 13.0. The minimum absolute atomic E-state index is 0.0841. The number of allylic oxidation sites excluding steroid dienone is 1. The lowest BCUT2D eigenvalue weighted by molar-refractivity contribution is 0.305. The maximum Gasteiger partial charge on any atom is 0.258 e. The largest absolute Gasteiger partial charge is 0.489 e. The van der Waals surface area contributed by atoms with Crippen molar-refractivity contribution in [1.29, 1.82) is 0 Å². The van der Waals surface area contributed by atoms with Gasteiger partial charge in [0.2, 0.25) is 0 Å². The first-order valence-corrected chi connectivity index (χ1v) is 12.2. The Labute approximate surface area is 206 Å². The number of hydrogen-bond acceptors (Lipinski definition) is 4. The number of nitrogens with one attached hydrogen (secondary N) is 2. The molecule has 6 heteroatoms. The predicted octanol–water partition coefficient (Wildman–Crippen LogP) is 5.11.